The Kier molecular flexibility index (Phi) is 3.45. The molecular weight excluding hydrogens is 236 g/mol. The summed E-state index contributed by atoms with van der Waals surface area (Å²) in [6, 6.07) is 7.47. The van der Waals surface area contributed by atoms with Crippen molar-refractivity contribution in [2.75, 3.05) is 7.11 Å². The predicted octanol–water partition coefficient (Wildman–Crippen LogP) is -0.0301. The van der Waals surface area contributed by atoms with E-state index < -0.39 is 0 Å². The lowest BCUT2D eigenvalue weighted by Gasteiger charge is -2.09. The van der Waals surface area contributed by atoms with Gasteiger partial charge in [-0.05, 0) is 6.07 Å². The molecular formula is C11H14N4O3. The molecule has 1 heterocycles. The fraction of sp³-hybridized carbons (Fsp3) is 0.273. The van der Waals surface area contributed by atoms with Gasteiger partial charge in [0, 0.05) is 12.6 Å². The molecule has 7 heteroatoms. The Morgan fingerprint density at radius 2 is 2.11 bits per heavy atom. The summed E-state index contributed by atoms with van der Waals surface area (Å²) in [5, 5.41) is 3.98. The highest BCUT2D eigenvalue weighted by molar-refractivity contribution is 5.42. The lowest BCUT2D eigenvalue weighted by molar-refractivity contribution is 0.124. The first-order valence-electron chi connectivity index (χ1n) is 5.29. The largest absolute Gasteiger partial charge is 0.467 e. The SMILES string of the molecule is COc1nn(C)c(=O)n1-c1ccccc1CON. The van der Waals surface area contributed by atoms with Crippen LogP contribution in [0.15, 0.2) is 29.1 Å². The summed E-state index contributed by atoms with van der Waals surface area (Å²) in [7, 11) is 3.02. The Bertz CT molecular complexity index is 603. The van der Waals surface area contributed by atoms with Gasteiger partial charge < -0.3 is 4.74 Å². The molecule has 7 nitrogen and oxygen atoms in total. The zero-order valence-corrected chi connectivity index (χ0v) is 10.2. The molecule has 0 saturated carbocycles. The average molecular weight is 250 g/mol. The molecule has 0 aliphatic carbocycles. The van der Waals surface area contributed by atoms with Crippen molar-refractivity contribution < 1.29 is 9.57 Å². The lowest BCUT2D eigenvalue weighted by Crippen LogP contribution is -2.22. The molecule has 2 rings (SSSR count). The molecule has 0 aliphatic rings. The number of rotatable bonds is 4. The second-order valence-electron chi connectivity index (χ2n) is 3.67. The minimum Gasteiger partial charge on any atom is -0.467 e. The summed E-state index contributed by atoms with van der Waals surface area (Å²) in [6.45, 7) is 0.195. The summed E-state index contributed by atoms with van der Waals surface area (Å²) < 4.78 is 7.67. The molecule has 0 bridgehead atoms. The average Bonchev–Trinajstić information content (AvgIpc) is 2.67. The number of ether oxygens (including phenoxy) is 1. The van der Waals surface area contributed by atoms with E-state index in [9.17, 15) is 4.79 Å². The number of aromatic nitrogens is 3. The lowest BCUT2D eigenvalue weighted by atomic mass is 10.2. The smallest absolute Gasteiger partial charge is 0.353 e. The van der Waals surface area contributed by atoms with Crippen LogP contribution in [0.3, 0.4) is 0 Å². The maximum absolute atomic E-state index is 12.0. The molecule has 96 valence electrons. The summed E-state index contributed by atoms with van der Waals surface area (Å²) in [5.41, 5.74) is 1.11. The van der Waals surface area contributed by atoms with Crippen LogP contribution in [0.1, 0.15) is 5.56 Å². The van der Waals surface area contributed by atoms with Crippen LogP contribution in [-0.2, 0) is 18.5 Å². The van der Waals surface area contributed by atoms with Crippen molar-refractivity contribution in [1.29, 1.82) is 0 Å². The van der Waals surface area contributed by atoms with Crippen molar-refractivity contribution in [2.45, 2.75) is 6.61 Å². The highest BCUT2D eigenvalue weighted by atomic mass is 16.6. The zero-order valence-electron chi connectivity index (χ0n) is 10.2. The summed E-state index contributed by atoms with van der Waals surface area (Å²) in [6.07, 6.45) is 0. The second-order valence-corrected chi connectivity index (χ2v) is 3.67. The number of hydrogen-bond acceptors (Lipinski definition) is 5. The van der Waals surface area contributed by atoms with Crippen molar-refractivity contribution in [1.82, 2.24) is 14.3 Å². The van der Waals surface area contributed by atoms with E-state index in [0.29, 0.717) is 5.69 Å². The van der Waals surface area contributed by atoms with Gasteiger partial charge in [0.2, 0.25) is 0 Å². The third-order valence-corrected chi connectivity index (χ3v) is 2.55. The van der Waals surface area contributed by atoms with Crippen LogP contribution in [0.4, 0.5) is 0 Å². The van der Waals surface area contributed by atoms with Crippen molar-refractivity contribution in [3.63, 3.8) is 0 Å². The zero-order chi connectivity index (χ0) is 13.1. The van der Waals surface area contributed by atoms with E-state index in [-0.39, 0.29) is 18.3 Å². The maximum atomic E-state index is 12.0. The van der Waals surface area contributed by atoms with Crippen LogP contribution in [0.5, 0.6) is 6.01 Å². The summed E-state index contributed by atoms with van der Waals surface area (Å²) in [5.74, 6) is 5.08. The second kappa shape index (κ2) is 5.03. The number of para-hydroxylation sites is 1. The van der Waals surface area contributed by atoms with Gasteiger partial charge in [0.15, 0.2) is 0 Å². The highest BCUT2D eigenvalue weighted by Crippen LogP contribution is 2.17. The fourth-order valence-electron chi connectivity index (χ4n) is 1.72. The number of methoxy groups -OCH3 is 1. The van der Waals surface area contributed by atoms with Gasteiger partial charge in [0.25, 0.3) is 0 Å². The third-order valence-electron chi connectivity index (χ3n) is 2.55. The van der Waals surface area contributed by atoms with E-state index in [4.69, 9.17) is 10.6 Å². The van der Waals surface area contributed by atoms with Gasteiger partial charge in [0.1, 0.15) is 0 Å². The molecule has 0 radical (unpaired) electrons. The molecule has 0 aliphatic heterocycles. The van der Waals surface area contributed by atoms with Crippen LogP contribution >= 0.6 is 0 Å². The Labute approximate surface area is 103 Å². The molecule has 18 heavy (non-hydrogen) atoms. The Morgan fingerprint density at radius 1 is 1.39 bits per heavy atom. The molecule has 0 spiro atoms. The monoisotopic (exact) mass is 250 g/mol. The van der Waals surface area contributed by atoms with Gasteiger partial charge in [-0.3, -0.25) is 4.84 Å². The molecule has 1 aromatic carbocycles. The first-order valence-corrected chi connectivity index (χ1v) is 5.29. The number of nitrogens with zero attached hydrogens (tertiary/aromatic N) is 3. The third kappa shape index (κ3) is 2.01. The minimum atomic E-state index is -0.295. The van der Waals surface area contributed by atoms with E-state index in [1.54, 1.807) is 13.1 Å². The molecule has 0 saturated heterocycles. The van der Waals surface area contributed by atoms with Gasteiger partial charge in [-0.2, -0.15) is 0 Å². The molecule has 2 aromatic rings. The Morgan fingerprint density at radius 3 is 2.78 bits per heavy atom. The topological polar surface area (TPSA) is 84.3 Å². The van der Waals surface area contributed by atoms with E-state index in [1.165, 1.54) is 16.4 Å². The van der Waals surface area contributed by atoms with Crippen LogP contribution in [0.2, 0.25) is 0 Å². The first kappa shape index (κ1) is 12.3. The van der Waals surface area contributed by atoms with E-state index >= 15 is 0 Å². The van der Waals surface area contributed by atoms with Crippen molar-refractivity contribution in [3.8, 4) is 11.7 Å². The van der Waals surface area contributed by atoms with E-state index in [0.717, 1.165) is 5.56 Å². The molecule has 0 fully saturated rings. The Balaban J connectivity index is 2.65. The Hall–Kier alpha value is -2.12. The van der Waals surface area contributed by atoms with Crippen LogP contribution in [0.25, 0.3) is 5.69 Å². The number of hydrogen-bond donors (Lipinski definition) is 1. The van der Waals surface area contributed by atoms with Gasteiger partial charge in [0.05, 0.1) is 19.4 Å². The van der Waals surface area contributed by atoms with Crippen molar-refractivity contribution >= 4 is 0 Å². The summed E-state index contributed by atoms with van der Waals surface area (Å²) in [4.78, 5) is 16.6. The van der Waals surface area contributed by atoms with E-state index in [2.05, 4.69) is 9.94 Å². The van der Waals surface area contributed by atoms with Crippen LogP contribution in [0, 0.1) is 0 Å². The molecule has 0 unspecified atom stereocenters. The quantitative estimate of drug-likeness (QED) is 0.770. The summed E-state index contributed by atoms with van der Waals surface area (Å²) >= 11 is 0. The van der Waals surface area contributed by atoms with Crippen molar-refractivity contribution in [2.24, 2.45) is 12.9 Å². The van der Waals surface area contributed by atoms with Crippen LogP contribution < -0.4 is 16.3 Å². The fourth-order valence-corrected chi connectivity index (χ4v) is 1.72. The molecule has 0 atom stereocenters. The van der Waals surface area contributed by atoms with Gasteiger partial charge >= 0.3 is 11.7 Å². The predicted molar refractivity (Wildman–Crippen MR) is 64.3 cm³/mol. The van der Waals surface area contributed by atoms with E-state index in [1.807, 2.05) is 18.2 Å². The van der Waals surface area contributed by atoms with Crippen LogP contribution in [-0.4, -0.2) is 21.5 Å². The number of nitrogens with two attached hydrogens (primary N) is 1. The standard InChI is InChI=1S/C11H14N4O3/c1-14-11(16)15(10(13-14)17-2)9-6-4-3-5-8(9)7-18-12/h3-6H,7,12H2,1-2H3. The van der Waals surface area contributed by atoms with Crippen molar-refractivity contribution in [3.05, 3.63) is 40.3 Å². The molecule has 1 aromatic heterocycles. The molecule has 0 amide bonds. The molecule has 2 N–H and O–H groups in total. The normalized spacial score (nSPS) is 10.6. The highest BCUT2D eigenvalue weighted by Gasteiger charge is 2.15. The van der Waals surface area contributed by atoms with Gasteiger partial charge in [-0.1, -0.05) is 18.2 Å². The minimum absolute atomic E-state index is 0.195. The van der Waals surface area contributed by atoms with Gasteiger partial charge in [-0.25, -0.2) is 19.9 Å². The maximum Gasteiger partial charge on any atom is 0.353 e. The number of aryl methyl sites for hydroxylation is 1. The number of benzene rings is 1. The van der Waals surface area contributed by atoms with Gasteiger partial charge in [-0.15, -0.1) is 5.10 Å². The first-order chi connectivity index (χ1) is 8.69.